The summed E-state index contributed by atoms with van der Waals surface area (Å²) in [6.07, 6.45) is 4.03. The summed E-state index contributed by atoms with van der Waals surface area (Å²) in [6.45, 7) is 3.04. The number of hydrogen-bond donors (Lipinski definition) is 1. The Morgan fingerprint density at radius 2 is 2.00 bits per heavy atom. The largest absolute Gasteiger partial charge is 0.481 e. The zero-order valence-electron chi connectivity index (χ0n) is 9.24. The van der Waals surface area contributed by atoms with Crippen LogP contribution in [-0.2, 0) is 9.59 Å². The van der Waals surface area contributed by atoms with E-state index in [2.05, 4.69) is 0 Å². The Bertz CT molecular complexity index is 236. The van der Waals surface area contributed by atoms with Crippen LogP contribution in [0.5, 0.6) is 0 Å². The lowest BCUT2D eigenvalue weighted by Gasteiger charge is -2.31. The Morgan fingerprint density at radius 3 is 2.40 bits per heavy atom. The van der Waals surface area contributed by atoms with E-state index in [0.717, 1.165) is 25.7 Å². The van der Waals surface area contributed by atoms with Gasteiger partial charge in [-0.2, -0.15) is 0 Å². The molecular weight excluding hydrogens is 194 g/mol. The molecule has 0 aliphatic heterocycles. The third kappa shape index (κ3) is 3.53. The van der Waals surface area contributed by atoms with E-state index in [1.807, 2.05) is 6.92 Å². The van der Waals surface area contributed by atoms with Crippen molar-refractivity contribution in [3.05, 3.63) is 0 Å². The molecule has 1 rings (SSSR count). The summed E-state index contributed by atoms with van der Waals surface area (Å²) in [5, 5.41) is 8.58. The van der Waals surface area contributed by atoms with Gasteiger partial charge in [-0.25, -0.2) is 0 Å². The van der Waals surface area contributed by atoms with Crippen molar-refractivity contribution in [3.8, 4) is 0 Å². The molecule has 1 saturated carbocycles. The van der Waals surface area contributed by atoms with Crippen LogP contribution in [0.15, 0.2) is 0 Å². The average molecular weight is 213 g/mol. The lowest BCUT2D eigenvalue weighted by Crippen LogP contribution is -2.40. The Morgan fingerprint density at radius 1 is 1.33 bits per heavy atom. The molecule has 0 aromatic rings. The predicted molar refractivity (Wildman–Crippen MR) is 56.5 cm³/mol. The van der Waals surface area contributed by atoms with Gasteiger partial charge in [0.2, 0.25) is 5.91 Å². The molecule has 0 radical (unpaired) electrons. The Kier molecular flexibility index (Phi) is 4.59. The third-order valence-corrected chi connectivity index (χ3v) is 2.86. The van der Waals surface area contributed by atoms with Crippen molar-refractivity contribution in [1.29, 1.82) is 0 Å². The molecular formula is C11H19NO3. The van der Waals surface area contributed by atoms with Gasteiger partial charge in [-0.3, -0.25) is 9.59 Å². The molecule has 0 aromatic heterocycles. The lowest BCUT2D eigenvalue weighted by molar-refractivity contribution is -0.141. The number of aliphatic carboxylic acids is 1. The fourth-order valence-corrected chi connectivity index (χ4v) is 1.75. The number of carboxylic acid groups (broad SMARTS) is 1. The van der Waals surface area contributed by atoms with Crippen LogP contribution >= 0.6 is 0 Å². The molecule has 1 aliphatic rings. The first-order valence-electron chi connectivity index (χ1n) is 5.65. The number of nitrogens with zero attached hydrogens (tertiary/aromatic N) is 1. The summed E-state index contributed by atoms with van der Waals surface area (Å²) in [6, 6.07) is 0. The van der Waals surface area contributed by atoms with Gasteiger partial charge in [0, 0.05) is 19.0 Å². The van der Waals surface area contributed by atoms with Gasteiger partial charge < -0.3 is 10.0 Å². The van der Waals surface area contributed by atoms with Crippen LogP contribution in [0.1, 0.15) is 39.0 Å². The van der Waals surface area contributed by atoms with Crippen LogP contribution in [0.25, 0.3) is 0 Å². The molecule has 0 atom stereocenters. The van der Waals surface area contributed by atoms with Gasteiger partial charge in [0.25, 0.3) is 0 Å². The van der Waals surface area contributed by atoms with Crippen LogP contribution < -0.4 is 0 Å². The smallest absolute Gasteiger partial charge is 0.305 e. The van der Waals surface area contributed by atoms with Crippen molar-refractivity contribution in [2.75, 3.05) is 13.1 Å². The highest BCUT2D eigenvalue weighted by Crippen LogP contribution is 2.28. The Balaban J connectivity index is 2.40. The van der Waals surface area contributed by atoms with E-state index in [-0.39, 0.29) is 18.2 Å². The van der Waals surface area contributed by atoms with Gasteiger partial charge in [0.05, 0.1) is 6.42 Å². The quantitative estimate of drug-likeness (QED) is 0.727. The number of hydrogen-bond acceptors (Lipinski definition) is 2. The first-order chi connectivity index (χ1) is 7.15. The molecule has 1 fully saturated rings. The summed E-state index contributed by atoms with van der Waals surface area (Å²) >= 11 is 0. The van der Waals surface area contributed by atoms with Crippen molar-refractivity contribution < 1.29 is 14.7 Å². The molecule has 0 heterocycles. The minimum atomic E-state index is -0.836. The molecule has 86 valence electrons. The van der Waals surface area contributed by atoms with E-state index in [0.29, 0.717) is 13.1 Å². The monoisotopic (exact) mass is 213 g/mol. The van der Waals surface area contributed by atoms with Crippen LogP contribution in [-0.4, -0.2) is 35.0 Å². The van der Waals surface area contributed by atoms with Crippen molar-refractivity contribution in [2.24, 2.45) is 5.92 Å². The van der Waals surface area contributed by atoms with E-state index in [1.165, 1.54) is 0 Å². The summed E-state index contributed by atoms with van der Waals surface area (Å²) in [5.41, 5.74) is 0. The molecule has 0 spiro atoms. The van der Waals surface area contributed by atoms with E-state index in [9.17, 15) is 9.59 Å². The zero-order chi connectivity index (χ0) is 11.3. The normalized spacial score (nSPS) is 15.8. The van der Waals surface area contributed by atoms with Gasteiger partial charge in [-0.15, -0.1) is 0 Å². The Hall–Kier alpha value is -1.06. The minimum Gasteiger partial charge on any atom is -0.481 e. The second-order valence-corrected chi connectivity index (χ2v) is 4.10. The number of amides is 1. The standard InChI is InChI=1S/C11H19NO3/c1-2-7-12(8-6-10(13)14)11(15)9-4-3-5-9/h9H,2-8H2,1H3,(H,13,14). The van der Waals surface area contributed by atoms with E-state index < -0.39 is 5.97 Å². The van der Waals surface area contributed by atoms with Crippen molar-refractivity contribution in [2.45, 2.75) is 39.0 Å². The molecule has 0 unspecified atom stereocenters. The second-order valence-electron chi connectivity index (χ2n) is 4.10. The first-order valence-corrected chi connectivity index (χ1v) is 5.65. The van der Waals surface area contributed by atoms with Gasteiger partial charge in [0.15, 0.2) is 0 Å². The molecule has 0 saturated heterocycles. The first kappa shape index (κ1) is 12.0. The molecule has 1 aliphatic carbocycles. The van der Waals surface area contributed by atoms with Gasteiger partial charge in [-0.1, -0.05) is 13.3 Å². The molecule has 4 nitrogen and oxygen atoms in total. The molecule has 1 amide bonds. The highest BCUT2D eigenvalue weighted by molar-refractivity contribution is 5.80. The number of carboxylic acids is 1. The zero-order valence-corrected chi connectivity index (χ0v) is 9.24. The average Bonchev–Trinajstić information content (AvgIpc) is 2.08. The highest BCUT2D eigenvalue weighted by atomic mass is 16.4. The third-order valence-electron chi connectivity index (χ3n) is 2.86. The van der Waals surface area contributed by atoms with Crippen LogP contribution in [0.4, 0.5) is 0 Å². The SMILES string of the molecule is CCCN(CCC(=O)O)C(=O)C1CCC1. The van der Waals surface area contributed by atoms with E-state index in [1.54, 1.807) is 4.90 Å². The van der Waals surface area contributed by atoms with Gasteiger partial charge >= 0.3 is 5.97 Å². The molecule has 1 N–H and O–H groups in total. The lowest BCUT2D eigenvalue weighted by atomic mass is 9.84. The van der Waals surface area contributed by atoms with Gasteiger partial charge in [0.1, 0.15) is 0 Å². The fraction of sp³-hybridized carbons (Fsp3) is 0.818. The van der Waals surface area contributed by atoms with Gasteiger partial charge in [-0.05, 0) is 19.3 Å². The molecule has 4 heteroatoms. The van der Waals surface area contributed by atoms with Crippen molar-refractivity contribution in [3.63, 3.8) is 0 Å². The predicted octanol–water partition coefficient (Wildman–Crippen LogP) is 1.50. The van der Waals surface area contributed by atoms with Crippen molar-refractivity contribution in [1.82, 2.24) is 4.90 Å². The molecule has 0 aromatic carbocycles. The second kappa shape index (κ2) is 5.73. The van der Waals surface area contributed by atoms with Crippen LogP contribution in [0.2, 0.25) is 0 Å². The number of carbonyl (C=O) groups is 2. The summed E-state index contributed by atoms with van der Waals surface area (Å²) in [7, 11) is 0. The fourth-order valence-electron chi connectivity index (χ4n) is 1.75. The van der Waals surface area contributed by atoms with E-state index in [4.69, 9.17) is 5.11 Å². The van der Waals surface area contributed by atoms with E-state index >= 15 is 0 Å². The van der Waals surface area contributed by atoms with Crippen LogP contribution in [0, 0.1) is 5.92 Å². The summed E-state index contributed by atoms with van der Waals surface area (Å²) in [4.78, 5) is 24.0. The highest BCUT2D eigenvalue weighted by Gasteiger charge is 2.28. The van der Waals surface area contributed by atoms with Crippen LogP contribution in [0.3, 0.4) is 0 Å². The number of carbonyl (C=O) groups excluding carboxylic acids is 1. The molecule has 0 bridgehead atoms. The maximum absolute atomic E-state index is 11.9. The summed E-state index contributed by atoms with van der Waals surface area (Å²) < 4.78 is 0. The maximum Gasteiger partial charge on any atom is 0.305 e. The minimum absolute atomic E-state index is 0.0540. The number of rotatable bonds is 6. The van der Waals surface area contributed by atoms with Crippen molar-refractivity contribution >= 4 is 11.9 Å². The molecule has 15 heavy (non-hydrogen) atoms. The topological polar surface area (TPSA) is 57.6 Å². The Labute approximate surface area is 90.3 Å². The summed E-state index contributed by atoms with van der Waals surface area (Å²) in [5.74, 6) is -0.507. The maximum atomic E-state index is 11.9.